The summed E-state index contributed by atoms with van der Waals surface area (Å²) in [6.07, 6.45) is 0. The van der Waals surface area contributed by atoms with E-state index >= 15 is 0 Å². The summed E-state index contributed by atoms with van der Waals surface area (Å²) in [5.41, 5.74) is 6.57. The maximum atomic E-state index is 9.08. The molecule has 0 aliphatic carbocycles. The fourth-order valence-electron chi connectivity index (χ4n) is 1.36. The number of fused-ring (bicyclic) bond motifs is 1. The van der Waals surface area contributed by atoms with Crippen molar-refractivity contribution >= 4 is 55.6 Å². The van der Waals surface area contributed by atoms with Crippen LogP contribution in [0.4, 0.5) is 5.69 Å². The van der Waals surface area contributed by atoms with Crippen molar-refractivity contribution in [3.8, 4) is 0 Å². The first-order valence-electron chi connectivity index (χ1n) is 3.92. The molecule has 1 heterocycles. The molecule has 6 heteroatoms. The van der Waals surface area contributed by atoms with E-state index in [0.717, 1.165) is 14.6 Å². The van der Waals surface area contributed by atoms with Gasteiger partial charge in [-0.2, -0.15) is 0 Å². The number of hydrogen-bond acceptors (Lipinski definition) is 4. The van der Waals surface area contributed by atoms with Gasteiger partial charge < -0.3 is 15.8 Å². The Morgan fingerprint density at radius 2 is 2.14 bits per heavy atom. The number of rotatable bonds is 1. The van der Waals surface area contributed by atoms with E-state index in [-0.39, 0.29) is 0 Å². The molecule has 0 fully saturated rings. The highest BCUT2D eigenvalue weighted by Gasteiger charge is 2.18. The predicted octanol–water partition coefficient (Wildman–Crippen LogP) is 0.926. The van der Waals surface area contributed by atoms with E-state index in [1.165, 1.54) is 0 Å². The molecule has 2 aromatic rings. The lowest BCUT2D eigenvalue weighted by Crippen LogP contribution is -2.32. The zero-order valence-corrected chi connectivity index (χ0v) is 9.47. The molecule has 0 aliphatic rings. The van der Waals surface area contributed by atoms with E-state index in [0.29, 0.717) is 11.2 Å². The fourth-order valence-corrected chi connectivity index (χ4v) is 2.91. The Morgan fingerprint density at radius 1 is 1.43 bits per heavy atom. The van der Waals surface area contributed by atoms with Gasteiger partial charge in [0.1, 0.15) is 0 Å². The normalized spacial score (nSPS) is 10.8. The van der Waals surface area contributed by atoms with Crippen molar-refractivity contribution in [3.63, 3.8) is 0 Å². The van der Waals surface area contributed by atoms with Crippen LogP contribution in [0.25, 0.3) is 10.1 Å². The third-order valence-electron chi connectivity index (χ3n) is 2.04. The number of halogens is 1. The average Bonchev–Trinajstić information content (AvgIpc) is 2.59. The molecule has 14 heavy (non-hydrogen) atoms. The molecule has 0 spiro atoms. The number of thiophene rings is 1. The Balaban J connectivity index is 2.82. The van der Waals surface area contributed by atoms with Crippen molar-refractivity contribution in [3.05, 3.63) is 22.0 Å². The monoisotopic (exact) mass is 271 g/mol. The summed E-state index contributed by atoms with van der Waals surface area (Å²) in [4.78, 5) is 0. The second kappa shape index (κ2) is 3.54. The van der Waals surface area contributed by atoms with Crippen LogP contribution >= 0.6 is 27.3 Å². The standard InChI is InChI=1S/C8H7BBrNO2S/c10-6-3-5(9(12)13)7(11)4-1-2-14-8(4)6/h1-3,12-13H,11H2. The minimum Gasteiger partial charge on any atom is -0.423 e. The first kappa shape index (κ1) is 9.98. The van der Waals surface area contributed by atoms with Crippen LogP contribution < -0.4 is 11.2 Å². The second-order valence-corrected chi connectivity index (χ2v) is 4.67. The first-order chi connectivity index (χ1) is 6.61. The summed E-state index contributed by atoms with van der Waals surface area (Å²) in [5.74, 6) is 0. The summed E-state index contributed by atoms with van der Waals surface area (Å²) in [6, 6.07) is 3.50. The Bertz CT molecular complexity index is 485. The summed E-state index contributed by atoms with van der Waals surface area (Å²) >= 11 is 4.92. The van der Waals surface area contributed by atoms with Gasteiger partial charge in [-0.05, 0) is 33.4 Å². The number of hydrogen-bond donors (Lipinski definition) is 3. The van der Waals surface area contributed by atoms with Crippen molar-refractivity contribution in [1.82, 2.24) is 0 Å². The topological polar surface area (TPSA) is 66.5 Å². The third kappa shape index (κ3) is 1.44. The molecule has 0 saturated heterocycles. The number of benzene rings is 1. The van der Waals surface area contributed by atoms with Gasteiger partial charge in [-0.3, -0.25) is 0 Å². The molecule has 2 rings (SSSR count). The minimum atomic E-state index is -1.53. The van der Waals surface area contributed by atoms with Gasteiger partial charge in [0, 0.05) is 21.0 Å². The van der Waals surface area contributed by atoms with Gasteiger partial charge in [-0.15, -0.1) is 11.3 Å². The molecular weight excluding hydrogens is 265 g/mol. The summed E-state index contributed by atoms with van der Waals surface area (Å²) in [6.45, 7) is 0. The molecule has 72 valence electrons. The quantitative estimate of drug-likeness (QED) is 0.534. The Hall–Kier alpha value is -0.555. The van der Waals surface area contributed by atoms with Crippen molar-refractivity contribution < 1.29 is 10.0 Å². The first-order valence-corrected chi connectivity index (χ1v) is 5.59. The molecule has 0 saturated carbocycles. The number of nitrogens with two attached hydrogens (primary N) is 1. The zero-order chi connectivity index (χ0) is 10.3. The lowest BCUT2D eigenvalue weighted by Gasteiger charge is -2.07. The summed E-state index contributed by atoms with van der Waals surface area (Å²) in [5, 5.41) is 20.9. The fraction of sp³-hybridized carbons (Fsp3) is 0. The second-order valence-electron chi connectivity index (χ2n) is 2.90. The molecule has 0 aliphatic heterocycles. The van der Waals surface area contributed by atoms with Crippen LogP contribution in [0.1, 0.15) is 0 Å². The Morgan fingerprint density at radius 3 is 2.79 bits per heavy atom. The van der Waals surface area contributed by atoms with E-state index in [1.807, 2.05) is 11.4 Å². The zero-order valence-electron chi connectivity index (χ0n) is 7.07. The van der Waals surface area contributed by atoms with Crippen molar-refractivity contribution in [2.24, 2.45) is 0 Å². The highest BCUT2D eigenvalue weighted by molar-refractivity contribution is 9.10. The molecule has 0 radical (unpaired) electrons. The molecule has 0 atom stereocenters. The minimum absolute atomic E-state index is 0.336. The van der Waals surface area contributed by atoms with Gasteiger partial charge in [0.2, 0.25) is 0 Å². The predicted molar refractivity (Wildman–Crippen MR) is 63.8 cm³/mol. The molecule has 0 amide bonds. The molecule has 4 N–H and O–H groups in total. The summed E-state index contributed by atoms with van der Waals surface area (Å²) < 4.78 is 1.85. The number of anilines is 1. The highest BCUT2D eigenvalue weighted by atomic mass is 79.9. The highest BCUT2D eigenvalue weighted by Crippen LogP contribution is 2.31. The lowest BCUT2D eigenvalue weighted by molar-refractivity contribution is 0.426. The van der Waals surface area contributed by atoms with Gasteiger partial charge in [0.05, 0.1) is 4.70 Å². The van der Waals surface area contributed by atoms with Crippen LogP contribution in [0.15, 0.2) is 22.0 Å². The molecule has 1 aromatic heterocycles. The smallest absolute Gasteiger partial charge is 0.423 e. The van der Waals surface area contributed by atoms with E-state index in [1.54, 1.807) is 17.4 Å². The van der Waals surface area contributed by atoms with Gasteiger partial charge in [0.15, 0.2) is 0 Å². The van der Waals surface area contributed by atoms with Gasteiger partial charge >= 0.3 is 7.12 Å². The van der Waals surface area contributed by atoms with Crippen molar-refractivity contribution in [2.75, 3.05) is 5.73 Å². The maximum absolute atomic E-state index is 9.08. The van der Waals surface area contributed by atoms with Crippen LogP contribution in [-0.4, -0.2) is 17.2 Å². The van der Waals surface area contributed by atoms with Gasteiger partial charge in [-0.1, -0.05) is 0 Å². The molecule has 1 aromatic carbocycles. The Labute approximate surface area is 93.4 Å². The molecule has 0 unspecified atom stereocenters. The van der Waals surface area contributed by atoms with Gasteiger partial charge in [-0.25, -0.2) is 0 Å². The van der Waals surface area contributed by atoms with Crippen molar-refractivity contribution in [2.45, 2.75) is 0 Å². The summed E-state index contributed by atoms with van der Waals surface area (Å²) in [7, 11) is -1.53. The molecular formula is C8H7BBrNO2S. The Kier molecular flexibility index (Phi) is 2.53. The van der Waals surface area contributed by atoms with Crippen LogP contribution in [0.5, 0.6) is 0 Å². The van der Waals surface area contributed by atoms with E-state index < -0.39 is 7.12 Å². The molecule has 0 bridgehead atoms. The van der Waals surface area contributed by atoms with Crippen LogP contribution in [0.3, 0.4) is 0 Å². The van der Waals surface area contributed by atoms with E-state index in [2.05, 4.69) is 15.9 Å². The van der Waals surface area contributed by atoms with E-state index in [4.69, 9.17) is 15.8 Å². The van der Waals surface area contributed by atoms with Gasteiger partial charge in [0.25, 0.3) is 0 Å². The van der Waals surface area contributed by atoms with Crippen LogP contribution in [0, 0.1) is 0 Å². The van der Waals surface area contributed by atoms with E-state index in [9.17, 15) is 0 Å². The van der Waals surface area contributed by atoms with Crippen molar-refractivity contribution in [1.29, 1.82) is 0 Å². The molecule has 3 nitrogen and oxygen atoms in total. The SMILES string of the molecule is Nc1c(B(O)O)cc(Br)c2sccc12. The number of nitrogen functional groups attached to an aromatic ring is 1. The largest absolute Gasteiger partial charge is 0.490 e. The maximum Gasteiger partial charge on any atom is 0.490 e. The third-order valence-corrected chi connectivity index (χ3v) is 3.88. The van der Waals surface area contributed by atoms with Crippen LogP contribution in [-0.2, 0) is 0 Å². The van der Waals surface area contributed by atoms with Crippen LogP contribution in [0.2, 0.25) is 0 Å². The average molecular weight is 272 g/mol. The lowest BCUT2D eigenvalue weighted by atomic mass is 9.78.